The van der Waals surface area contributed by atoms with Crippen LogP contribution in [0.2, 0.25) is 0 Å². The SMILES string of the molecule is CNc1ccc(-c2ccc(-c3ccc(N=C(N)N)cc3)cc2)cc1. The van der Waals surface area contributed by atoms with Gasteiger partial charge in [0.05, 0.1) is 5.69 Å². The second kappa shape index (κ2) is 6.87. The van der Waals surface area contributed by atoms with Crippen molar-refractivity contribution in [2.75, 3.05) is 12.4 Å². The molecule has 0 aromatic heterocycles. The molecule has 24 heavy (non-hydrogen) atoms. The molecule has 0 aliphatic heterocycles. The number of nitrogens with one attached hydrogen (secondary N) is 1. The van der Waals surface area contributed by atoms with Crippen LogP contribution in [-0.2, 0) is 0 Å². The molecule has 0 unspecified atom stereocenters. The first-order chi connectivity index (χ1) is 11.7. The maximum absolute atomic E-state index is 5.39. The van der Waals surface area contributed by atoms with Gasteiger partial charge in [0.2, 0.25) is 0 Å². The third-order valence-electron chi connectivity index (χ3n) is 3.85. The van der Waals surface area contributed by atoms with E-state index >= 15 is 0 Å². The van der Waals surface area contributed by atoms with Crippen molar-refractivity contribution in [2.45, 2.75) is 0 Å². The first-order valence-corrected chi connectivity index (χ1v) is 7.74. The lowest BCUT2D eigenvalue weighted by molar-refractivity contribution is 1.42. The van der Waals surface area contributed by atoms with Gasteiger partial charge in [-0.2, -0.15) is 0 Å². The number of hydrogen-bond acceptors (Lipinski definition) is 2. The average molecular weight is 316 g/mol. The van der Waals surface area contributed by atoms with E-state index in [-0.39, 0.29) is 5.96 Å². The van der Waals surface area contributed by atoms with Crippen LogP contribution in [0.15, 0.2) is 77.8 Å². The fraction of sp³-hybridized carbons (Fsp3) is 0.0500. The molecule has 0 spiro atoms. The molecule has 0 aliphatic carbocycles. The maximum atomic E-state index is 5.39. The molecule has 4 heteroatoms. The Kier molecular flexibility index (Phi) is 4.47. The molecule has 3 aromatic carbocycles. The Morgan fingerprint density at radius 2 is 1.04 bits per heavy atom. The highest BCUT2D eigenvalue weighted by Gasteiger charge is 2.01. The summed E-state index contributed by atoms with van der Waals surface area (Å²) >= 11 is 0. The molecule has 120 valence electrons. The van der Waals surface area contributed by atoms with Gasteiger partial charge in [-0.15, -0.1) is 0 Å². The summed E-state index contributed by atoms with van der Waals surface area (Å²) in [5, 5.41) is 3.13. The zero-order valence-electron chi connectivity index (χ0n) is 13.5. The molecule has 4 nitrogen and oxygen atoms in total. The van der Waals surface area contributed by atoms with Crippen molar-refractivity contribution in [3.05, 3.63) is 72.8 Å². The topological polar surface area (TPSA) is 76.4 Å². The Morgan fingerprint density at radius 1 is 0.667 bits per heavy atom. The Balaban J connectivity index is 1.82. The lowest BCUT2D eigenvalue weighted by atomic mass is 10.00. The van der Waals surface area contributed by atoms with Crippen LogP contribution in [0.4, 0.5) is 11.4 Å². The van der Waals surface area contributed by atoms with Crippen LogP contribution >= 0.6 is 0 Å². The predicted octanol–water partition coefficient (Wildman–Crippen LogP) is 3.97. The molecular weight excluding hydrogens is 296 g/mol. The number of benzene rings is 3. The third kappa shape index (κ3) is 3.55. The van der Waals surface area contributed by atoms with Gasteiger partial charge in [-0.1, -0.05) is 48.5 Å². The zero-order valence-corrected chi connectivity index (χ0v) is 13.5. The van der Waals surface area contributed by atoms with Gasteiger partial charge in [0.25, 0.3) is 0 Å². The van der Waals surface area contributed by atoms with Crippen molar-refractivity contribution >= 4 is 17.3 Å². The Morgan fingerprint density at radius 3 is 1.42 bits per heavy atom. The van der Waals surface area contributed by atoms with Gasteiger partial charge >= 0.3 is 0 Å². The summed E-state index contributed by atoms with van der Waals surface area (Å²) in [6.45, 7) is 0. The van der Waals surface area contributed by atoms with Crippen molar-refractivity contribution in [3.8, 4) is 22.3 Å². The highest BCUT2D eigenvalue weighted by Crippen LogP contribution is 2.27. The van der Waals surface area contributed by atoms with Crippen molar-refractivity contribution in [2.24, 2.45) is 16.5 Å². The summed E-state index contributed by atoms with van der Waals surface area (Å²) in [6.07, 6.45) is 0. The van der Waals surface area contributed by atoms with Gasteiger partial charge in [0.15, 0.2) is 5.96 Å². The van der Waals surface area contributed by atoms with E-state index in [0.29, 0.717) is 0 Å². The predicted molar refractivity (Wildman–Crippen MR) is 102 cm³/mol. The highest BCUT2D eigenvalue weighted by molar-refractivity contribution is 5.79. The number of rotatable bonds is 4. The van der Waals surface area contributed by atoms with Gasteiger partial charge in [0.1, 0.15) is 0 Å². The number of aliphatic imine (C=N–C) groups is 1. The minimum Gasteiger partial charge on any atom is -0.388 e. The summed E-state index contributed by atoms with van der Waals surface area (Å²) in [5.41, 5.74) is 17.3. The van der Waals surface area contributed by atoms with E-state index < -0.39 is 0 Å². The van der Waals surface area contributed by atoms with Gasteiger partial charge in [-0.05, 0) is 46.5 Å². The van der Waals surface area contributed by atoms with Crippen molar-refractivity contribution < 1.29 is 0 Å². The molecule has 0 aliphatic rings. The second-order valence-corrected chi connectivity index (χ2v) is 5.49. The number of hydrogen-bond donors (Lipinski definition) is 3. The van der Waals surface area contributed by atoms with E-state index in [2.05, 4.69) is 58.8 Å². The van der Waals surface area contributed by atoms with Crippen LogP contribution in [-0.4, -0.2) is 13.0 Å². The van der Waals surface area contributed by atoms with Crippen LogP contribution < -0.4 is 16.8 Å². The fourth-order valence-electron chi connectivity index (χ4n) is 2.56. The smallest absolute Gasteiger partial charge is 0.191 e. The van der Waals surface area contributed by atoms with E-state index in [1.807, 2.05) is 31.3 Å². The van der Waals surface area contributed by atoms with Crippen LogP contribution in [0.5, 0.6) is 0 Å². The highest BCUT2D eigenvalue weighted by atomic mass is 15.0. The van der Waals surface area contributed by atoms with Gasteiger partial charge in [0, 0.05) is 12.7 Å². The van der Waals surface area contributed by atoms with Crippen LogP contribution in [0, 0.1) is 0 Å². The Bertz CT molecular complexity index is 828. The molecule has 3 aromatic rings. The monoisotopic (exact) mass is 316 g/mol. The third-order valence-corrected chi connectivity index (χ3v) is 3.85. The molecule has 3 rings (SSSR count). The lowest BCUT2D eigenvalue weighted by Crippen LogP contribution is -2.21. The molecule has 0 atom stereocenters. The van der Waals surface area contributed by atoms with Gasteiger partial charge in [-0.25, -0.2) is 4.99 Å². The van der Waals surface area contributed by atoms with Gasteiger partial charge in [-0.3, -0.25) is 0 Å². The van der Waals surface area contributed by atoms with Crippen molar-refractivity contribution in [1.29, 1.82) is 0 Å². The Hall–Kier alpha value is -3.27. The van der Waals surface area contributed by atoms with E-state index in [1.165, 1.54) is 11.1 Å². The average Bonchev–Trinajstić information content (AvgIpc) is 2.62. The number of nitrogens with two attached hydrogens (primary N) is 2. The molecule has 0 bridgehead atoms. The molecule has 0 saturated carbocycles. The molecule has 0 heterocycles. The molecule has 5 N–H and O–H groups in total. The summed E-state index contributed by atoms with van der Waals surface area (Å²) < 4.78 is 0. The fourth-order valence-corrected chi connectivity index (χ4v) is 2.56. The first kappa shape index (κ1) is 15.6. The van der Waals surface area contributed by atoms with E-state index in [4.69, 9.17) is 11.5 Å². The lowest BCUT2D eigenvalue weighted by Gasteiger charge is -2.07. The Labute approximate surface area is 141 Å². The molecule has 0 radical (unpaired) electrons. The minimum atomic E-state index is 0.0661. The van der Waals surface area contributed by atoms with E-state index in [0.717, 1.165) is 22.5 Å². The summed E-state index contributed by atoms with van der Waals surface area (Å²) in [7, 11) is 1.92. The standard InChI is InChI=1S/C20H20N4/c1-23-18-10-6-16(7-11-18)14-2-4-15(5-3-14)17-8-12-19(13-9-17)24-20(21)22/h2-13,23H,1H3,(H4,21,22,24). The van der Waals surface area contributed by atoms with Gasteiger partial charge < -0.3 is 16.8 Å². The minimum absolute atomic E-state index is 0.0661. The molecule has 0 fully saturated rings. The first-order valence-electron chi connectivity index (χ1n) is 7.74. The summed E-state index contributed by atoms with van der Waals surface area (Å²) in [6, 6.07) is 24.7. The van der Waals surface area contributed by atoms with Crippen LogP contribution in [0.25, 0.3) is 22.3 Å². The summed E-state index contributed by atoms with van der Waals surface area (Å²) in [5.74, 6) is 0.0661. The van der Waals surface area contributed by atoms with Crippen molar-refractivity contribution in [1.82, 2.24) is 0 Å². The van der Waals surface area contributed by atoms with Crippen molar-refractivity contribution in [3.63, 3.8) is 0 Å². The number of anilines is 1. The van der Waals surface area contributed by atoms with Crippen LogP contribution in [0.1, 0.15) is 0 Å². The molecular formula is C20H20N4. The quantitative estimate of drug-likeness (QED) is 0.503. The normalized spacial score (nSPS) is 10.2. The largest absolute Gasteiger partial charge is 0.388 e. The van der Waals surface area contributed by atoms with Crippen LogP contribution in [0.3, 0.4) is 0 Å². The van der Waals surface area contributed by atoms with E-state index in [1.54, 1.807) is 0 Å². The zero-order chi connectivity index (χ0) is 16.9. The number of guanidine groups is 1. The summed E-state index contributed by atoms with van der Waals surface area (Å²) in [4.78, 5) is 4.03. The molecule has 0 amide bonds. The number of nitrogens with zero attached hydrogens (tertiary/aromatic N) is 1. The maximum Gasteiger partial charge on any atom is 0.191 e. The molecule has 0 saturated heterocycles. The second-order valence-electron chi connectivity index (χ2n) is 5.49. The van der Waals surface area contributed by atoms with E-state index in [9.17, 15) is 0 Å².